The third kappa shape index (κ3) is 4.06. The van der Waals surface area contributed by atoms with Gasteiger partial charge in [0, 0.05) is 5.39 Å². The Morgan fingerprint density at radius 2 is 1.63 bits per heavy atom. The Morgan fingerprint density at radius 3 is 2.30 bits per heavy atom. The van der Waals surface area contributed by atoms with Gasteiger partial charge in [0.1, 0.15) is 13.2 Å². The molecule has 0 bridgehead atoms. The molecule has 140 valence electrons. The molecule has 3 rings (SSSR count). The van der Waals surface area contributed by atoms with E-state index in [0.29, 0.717) is 23.1 Å². The van der Waals surface area contributed by atoms with E-state index in [1.807, 2.05) is 18.2 Å². The molecule has 0 atom stereocenters. The lowest BCUT2D eigenvalue weighted by molar-refractivity contribution is -0.896. The van der Waals surface area contributed by atoms with E-state index in [0.717, 1.165) is 19.6 Å². The van der Waals surface area contributed by atoms with Crippen LogP contribution in [0.2, 0.25) is 0 Å². The monoisotopic (exact) mass is 366 g/mol. The minimum Gasteiger partial charge on any atom is -0.455 e. The van der Waals surface area contributed by atoms with Crippen molar-refractivity contribution in [3.8, 4) is 5.69 Å². The average molecular weight is 366 g/mol. The summed E-state index contributed by atoms with van der Waals surface area (Å²) in [7, 11) is 0. The molecule has 0 aliphatic carbocycles. The van der Waals surface area contributed by atoms with Crippen LogP contribution in [-0.2, 0) is 4.74 Å². The van der Waals surface area contributed by atoms with Crippen LogP contribution >= 0.6 is 0 Å². The Labute approximate surface area is 158 Å². The lowest BCUT2D eigenvalue weighted by Gasteiger charge is -2.15. The molecule has 0 aliphatic rings. The molecule has 0 spiro atoms. The molecule has 0 saturated carbocycles. The highest BCUT2D eigenvalue weighted by molar-refractivity contribution is 6.02. The van der Waals surface area contributed by atoms with E-state index in [9.17, 15) is 9.59 Å². The van der Waals surface area contributed by atoms with Crippen molar-refractivity contribution < 1.29 is 14.4 Å². The first kappa shape index (κ1) is 18.8. The number of carbonyl (C=O) groups is 1. The zero-order valence-electron chi connectivity index (χ0n) is 15.6. The first-order chi connectivity index (χ1) is 13.2. The van der Waals surface area contributed by atoms with Gasteiger partial charge in [-0.05, 0) is 32.0 Å². The molecule has 27 heavy (non-hydrogen) atoms. The van der Waals surface area contributed by atoms with Crippen LogP contribution in [0.3, 0.4) is 0 Å². The van der Waals surface area contributed by atoms with Crippen LogP contribution in [0.4, 0.5) is 0 Å². The van der Waals surface area contributed by atoms with Gasteiger partial charge in [-0.2, -0.15) is 9.78 Å². The first-order valence-electron chi connectivity index (χ1n) is 9.23. The van der Waals surface area contributed by atoms with Crippen molar-refractivity contribution in [2.24, 2.45) is 0 Å². The highest BCUT2D eigenvalue weighted by atomic mass is 16.5. The second-order valence-electron chi connectivity index (χ2n) is 6.29. The third-order valence-electron chi connectivity index (χ3n) is 4.69. The number of esters is 1. The number of fused-ring (bicyclic) bond motifs is 1. The Hall–Kier alpha value is -2.99. The van der Waals surface area contributed by atoms with E-state index in [1.165, 1.54) is 9.58 Å². The summed E-state index contributed by atoms with van der Waals surface area (Å²) in [5, 5.41) is 5.28. The average Bonchev–Trinajstić information content (AvgIpc) is 2.72. The standard InChI is InChI=1S/C21H23N3O3/c1-3-23(4-2)14-15-27-21(26)19-17-12-8-9-13-18(17)20(25)24(22-19)16-10-6-5-7-11-16/h5-13H,3-4,14-15H2,1-2H3/p+1. The second kappa shape index (κ2) is 8.60. The van der Waals surface area contributed by atoms with Crippen molar-refractivity contribution in [3.63, 3.8) is 0 Å². The number of para-hydroxylation sites is 1. The summed E-state index contributed by atoms with van der Waals surface area (Å²) in [5.41, 5.74) is 0.499. The summed E-state index contributed by atoms with van der Waals surface area (Å²) in [6, 6.07) is 16.1. The quantitative estimate of drug-likeness (QED) is 0.643. The summed E-state index contributed by atoms with van der Waals surface area (Å²) in [5.74, 6) is -0.512. The SMILES string of the molecule is CC[NH+](CC)CCOC(=O)c1nn(-c2ccccc2)c(=O)c2ccccc12. The van der Waals surface area contributed by atoms with Gasteiger partial charge in [-0.3, -0.25) is 4.79 Å². The Bertz CT molecular complexity index is 979. The number of rotatable bonds is 7. The molecule has 6 nitrogen and oxygen atoms in total. The maximum Gasteiger partial charge on any atom is 0.359 e. The fraction of sp³-hybridized carbons (Fsp3) is 0.286. The fourth-order valence-electron chi connectivity index (χ4n) is 3.04. The maximum absolute atomic E-state index is 12.8. The van der Waals surface area contributed by atoms with Gasteiger partial charge in [0.05, 0.1) is 24.2 Å². The van der Waals surface area contributed by atoms with E-state index >= 15 is 0 Å². The number of nitrogens with zero attached hydrogens (tertiary/aromatic N) is 2. The Morgan fingerprint density at radius 1 is 1.00 bits per heavy atom. The van der Waals surface area contributed by atoms with Crippen LogP contribution in [0.25, 0.3) is 16.5 Å². The van der Waals surface area contributed by atoms with Crippen LogP contribution in [0.5, 0.6) is 0 Å². The molecular weight excluding hydrogens is 342 g/mol. The van der Waals surface area contributed by atoms with Crippen molar-refractivity contribution in [3.05, 3.63) is 70.6 Å². The van der Waals surface area contributed by atoms with Crippen molar-refractivity contribution in [1.82, 2.24) is 9.78 Å². The number of hydrogen-bond acceptors (Lipinski definition) is 4. The van der Waals surface area contributed by atoms with Gasteiger partial charge in [0.15, 0.2) is 5.69 Å². The lowest BCUT2D eigenvalue weighted by atomic mass is 10.1. The van der Waals surface area contributed by atoms with Gasteiger partial charge < -0.3 is 9.64 Å². The zero-order chi connectivity index (χ0) is 19.2. The van der Waals surface area contributed by atoms with Crippen LogP contribution < -0.4 is 10.5 Å². The smallest absolute Gasteiger partial charge is 0.359 e. The molecule has 0 unspecified atom stereocenters. The minimum absolute atomic E-state index is 0.156. The summed E-state index contributed by atoms with van der Waals surface area (Å²) in [4.78, 5) is 26.9. The highest BCUT2D eigenvalue weighted by Crippen LogP contribution is 2.16. The molecule has 1 aromatic heterocycles. The molecule has 1 N–H and O–H groups in total. The van der Waals surface area contributed by atoms with Crippen LogP contribution in [0.15, 0.2) is 59.4 Å². The summed E-state index contributed by atoms with van der Waals surface area (Å²) in [6.45, 7) is 7.23. The molecule has 0 aliphatic heterocycles. The topological polar surface area (TPSA) is 65.6 Å². The number of benzene rings is 2. The van der Waals surface area contributed by atoms with Crippen LogP contribution in [-0.4, -0.2) is 42.0 Å². The number of carbonyl (C=O) groups excluding carboxylic acids is 1. The summed E-state index contributed by atoms with van der Waals surface area (Å²) in [6.07, 6.45) is 0. The van der Waals surface area contributed by atoms with Gasteiger partial charge >= 0.3 is 5.97 Å². The summed E-state index contributed by atoms with van der Waals surface area (Å²) < 4.78 is 6.72. The van der Waals surface area contributed by atoms with Crippen molar-refractivity contribution in [1.29, 1.82) is 0 Å². The van der Waals surface area contributed by atoms with E-state index in [1.54, 1.807) is 36.4 Å². The summed E-state index contributed by atoms with van der Waals surface area (Å²) >= 11 is 0. The lowest BCUT2D eigenvalue weighted by Crippen LogP contribution is -3.11. The van der Waals surface area contributed by atoms with Gasteiger partial charge in [0.2, 0.25) is 0 Å². The number of quaternary nitrogens is 1. The molecular formula is C21H24N3O3+. The number of nitrogens with one attached hydrogen (secondary N) is 1. The zero-order valence-corrected chi connectivity index (χ0v) is 15.6. The maximum atomic E-state index is 12.8. The molecule has 3 aromatic rings. The van der Waals surface area contributed by atoms with Gasteiger partial charge in [0.25, 0.3) is 5.56 Å². The predicted molar refractivity (Wildman–Crippen MR) is 105 cm³/mol. The van der Waals surface area contributed by atoms with Gasteiger partial charge in [-0.1, -0.05) is 36.4 Å². The number of likely N-dealkylation sites (N-methyl/N-ethyl adjacent to an activating group) is 1. The van der Waals surface area contributed by atoms with Gasteiger partial charge in [-0.15, -0.1) is 0 Å². The van der Waals surface area contributed by atoms with E-state index in [4.69, 9.17) is 4.74 Å². The van der Waals surface area contributed by atoms with Crippen molar-refractivity contribution in [2.45, 2.75) is 13.8 Å². The number of ether oxygens (including phenoxy) is 1. The second-order valence-corrected chi connectivity index (χ2v) is 6.29. The molecule has 0 radical (unpaired) electrons. The normalized spacial score (nSPS) is 11.1. The van der Waals surface area contributed by atoms with Crippen LogP contribution in [0, 0.1) is 0 Å². The first-order valence-corrected chi connectivity index (χ1v) is 9.23. The molecule has 0 saturated heterocycles. The molecule has 0 fully saturated rings. The number of hydrogen-bond donors (Lipinski definition) is 1. The van der Waals surface area contributed by atoms with Crippen molar-refractivity contribution >= 4 is 16.7 Å². The van der Waals surface area contributed by atoms with E-state index in [2.05, 4.69) is 18.9 Å². The minimum atomic E-state index is -0.512. The highest BCUT2D eigenvalue weighted by Gasteiger charge is 2.19. The van der Waals surface area contributed by atoms with E-state index < -0.39 is 5.97 Å². The Kier molecular flexibility index (Phi) is 5.98. The molecule has 1 heterocycles. The molecule has 2 aromatic carbocycles. The third-order valence-corrected chi connectivity index (χ3v) is 4.69. The predicted octanol–water partition coefficient (Wildman–Crippen LogP) is 1.47. The number of aromatic nitrogens is 2. The van der Waals surface area contributed by atoms with E-state index in [-0.39, 0.29) is 11.3 Å². The largest absolute Gasteiger partial charge is 0.455 e. The molecule has 0 amide bonds. The fourth-order valence-corrected chi connectivity index (χ4v) is 3.04. The van der Waals surface area contributed by atoms with Gasteiger partial charge in [-0.25, -0.2) is 4.79 Å². The van der Waals surface area contributed by atoms with Crippen molar-refractivity contribution in [2.75, 3.05) is 26.2 Å². The molecule has 6 heteroatoms. The Balaban J connectivity index is 1.98. The van der Waals surface area contributed by atoms with Crippen LogP contribution in [0.1, 0.15) is 24.3 Å².